The summed E-state index contributed by atoms with van der Waals surface area (Å²) in [4.78, 5) is -0.343. The number of halogens is 3. The van der Waals surface area contributed by atoms with Crippen LogP contribution in [0, 0.1) is 23.1 Å². The maximum absolute atomic E-state index is 13.7. The normalized spacial score (nSPS) is 11.9. The predicted molar refractivity (Wildman–Crippen MR) is 80.2 cm³/mol. The molecule has 21 heavy (non-hydrogen) atoms. The van der Waals surface area contributed by atoms with Crippen LogP contribution in [0.2, 0.25) is 10.0 Å². The van der Waals surface area contributed by atoms with Gasteiger partial charge in [-0.05, 0) is 18.1 Å². The second kappa shape index (κ2) is 7.41. The molecule has 0 heterocycles. The molecule has 0 aliphatic heterocycles. The lowest BCUT2D eigenvalue weighted by Gasteiger charge is -2.23. The fourth-order valence-corrected chi connectivity index (χ4v) is 4.06. The molecule has 0 aliphatic carbocycles. The van der Waals surface area contributed by atoms with Crippen molar-refractivity contribution in [3.05, 3.63) is 28.0 Å². The summed E-state index contributed by atoms with van der Waals surface area (Å²) in [5.41, 5.74) is 0. The molecule has 1 rings (SSSR count). The Balaban J connectivity index is 3.29. The smallest absolute Gasteiger partial charge is 0.207 e. The molecule has 0 saturated heterocycles. The maximum atomic E-state index is 13.7. The number of benzene rings is 1. The summed E-state index contributed by atoms with van der Waals surface area (Å²) < 4.78 is 40.0. The van der Waals surface area contributed by atoms with Gasteiger partial charge in [-0.15, -0.1) is 0 Å². The van der Waals surface area contributed by atoms with E-state index in [0.717, 1.165) is 10.4 Å². The van der Waals surface area contributed by atoms with Crippen LogP contribution in [0.1, 0.15) is 20.3 Å². The van der Waals surface area contributed by atoms with Crippen LogP contribution in [-0.2, 0) is 10.0 Å². The fourth-order valence-electron chi connectivity index (χ4n) is 1.74. The first kappa shape index (κ1) is 18.2. The van der Waals surface area contributed by atoms with Gasteiger partial charge in [-0.25, -0.2) is 12.8 Å². The summed E-state index contributed by atoms with van der Waals surface area (Å²) in [7, 11) is -3.99. The van der Waals surface area contributed by atoms with Crippen LogP contribution in [0.15, 0.2) is 17.0 Å². The van der Waals surface area contributed by atoms with Crippen molar-refractivity contribution in [2.75, 3.05) is 13.1 Å². The van der Waals surface area contributed by atoms with Crippen LogP contribution in [-0.4, -0.2) is 25.8 Å². The van der Waals surface area contributed by atoms with E-state index in [1.54, 1.807) is 0 Å². The molecule has 4 nitrogen and oxygen atoms in total. The summed E-state index contributed by atoms with van der Waals surface area (Å²) >= 11 is 11.3. The highest BCUT2D eigenvalue weighted by atomic mass is 35.5. The Hall–Kier alpha value is -0.870. The van der Waals surface area contributed by atoms with Crippen LogP contribution in [0.3, 0.4) is 0 Å². The van der Waals surface area contributed by atoms with Crippen molar-refractivity contribution in [3.63, 3.8) is 0 Å². The van der Waals surface area contributed by atoms with Crippen LogP contribution >= 0.6 is 23.2 Å². The second-order valence-electron chi connectivity index (χ2n) is 4.84. The van der Waals surface area contributed by atoms with Crippen LogP contribution in [0.4, 0.5) is 4.39 Å². The van der Waals surface area contributed by atoms with Crippen molar-refractivity contribution in [3.8, 4) is 6.07 Å². The molecule has 0 N–H and O–H groups in total. The first-order valence-corrected chi connectivity index (χ1v) is 8.42. The number of rotatable bonds is 6. The van der Waals surface area contributed by atoms with Crippen molar-refractivity contribution in [1.29, 1.82) is 5.26 Å². The number of hydrogen-bond donors (Lipinski definition) is 0. The van der Waals surface area contributed by atoms with Gasteiger partial charge in [0.05, 0.1) is 16.1 Å². The Morgan fingerprint density at radius 1 is 1.38 bits per heavy atom. The summed E-state index contributed by atoms with van der Waals surface area (Å²) in [6.07, 6.45) is 0.0413. The van der Waals surface area contributed by atoms with Crippen molar-refractivity contribution in [1.82, 2.24) is 4.31 Å². The highest BCUT2D eigenvalue weighted by molar-refractivity contribution is 7.89. The standard InChI is InChI=1S/C13H15Cl2FN2O2S/c1-9(2)8-18(7-3-6-17)21(19,20)11-5-4-10(14)13(16)12(11)15/h4-5,9H,3,7-8H2,1-2H3. The minimum absolute atomic E-state index is 0.0254. The first-order valence-electron chi connectivity index (χ1n) is 6.22. The lowest BCUT2D eigenvalue weighted by Crippen LogP contribution is -2.35. The molecule has 0 unspecified atom stereocenters. The van der Waals surface area contributed by atoms with Gasteiger partial charge >= 0.3 is 0 Å². The van der Waals surface area contributed by atoms with Crippen LogP contribution < -0.4 is 0 Å². The van der Waals surface area contributed by atoms with Gasteiger partial charge in [-0.2, -0.15) is 9.57 Å². The Morgan fingerprint density at radius 3 is 2.52 bits per heavy atom. The lowest BCUT2D eigenvalue weighted by atomic mass is 10.2. The third kappa shape index (κ3) is 4.30. The van der Waals surface area contributed by atoms with Gasteiger partial charge in [-0.3, -0.25) is 0 Å². The van der Waals surface area contributed by atoms with E-state index < -0.39 is 20.9 Å². The Kier molecular flexibility index (Phi) is 6.41. The van der Waals surface area contributed by atoms with E-state index in [1.165, 1.54) is 6.07 Å². The highest BCUT2D eigenvalue weighted by Crippen LogP contribution is 2.31. The van der Waals surface area contributed by atoms with Crippen molar-refractivity contribution < 1.29 is 12.8 Å². The van der Waals surface area contributed by atoms with Gasteiger partial charge in [0.25, 0.3) is 0 Å². The molecule has 1 aromatic rings. The summed E-state index contributed by atoms with van der Waals surface area (Å²) in [5, 5.41) is 7.87. The van der Waals surface area contributed by atoms with E-state index in [-0.39, 0.29) is 35.3 Å². The quantitative estimate of drug-likeness (QED) is 0.733. The van der Waals surface area contributed by atoms with E-state index in [4.69, 9.17) is 28.5 Å². The molecule has 0 aromatic heterocycles. The van der Waals surface area contributed by atoms with E-state index in [0.29, 0.717) is 0 Å². The lowest BCUT2D eigenvalue weighted by molar-refractivity contribution is 0.372. The maximum Gasteiger partial charge on any atom is 0.244 e. The van der Waals surface area contributed by atoms with E-state index in [2.05, 4.69) is 0 Å². The molecule has 0 fully saturated rings. The molecule has 0 spiro atoms. The highest BCUT2D eigenvalue weighted by Gasteiger charge is 2.29. The van der Waals surface area contributed by atoms with Gasteiger partial charge in [0.15, 0.2) is 5.82 Å². The number of hydrogen-bond acceptors (Lipinski definition) is 3. The Morgan fingerprint density at radius 2 is 2.00 bits per heavy atom. The third-order valence-corrected chi connectivity index (χ3v) is 5.34. The van der Waals surface area contributed by atoms with Crippen molar-refractivity contribution >= 4 is 33.2 Å². The monoisotopic (exact) mass is 352 g/mol. The van der Waals surface area contributed by atoms with Crippen LogP contribution in [0.5, 0.6) is 0 Å². The summed E-state index contributed by atoms with van der Waals surface area (Å²) in [5.74, 6) is -0.918. The topological polar surface area (TPSA) is 61.2 Å². The Bertz CT molecular complexity index is 657. The minimum Gasteiger partial charge on any atom is -0.207 e. The molecule has 0 atom stereocenters. The van der Waals surface area contributed by atoms with Crippen molar-refractivity contribution in [2.45, 2.75) is 25.2 Å². The largest absolute Gasteiger partial charge is 0.244 e. The van der Waals surface area contributed by atoms with Gasteiger partial charge < -0.3 is 0 Å². The van der Waals surface area contributed by atoms with Gasteiger partial charge in [-0.1, -0.05) is 37.0 Å². The molecule has 0 saturated carbocycles. The zero-order chi connectivity index (χ0) is 16.2. The van der Waals surface area contributed by atoms with Gasteiger partial charge in [0.2, 0.25) is 10.0 Å². The minimum atomic E-state index is -3.99. The molecule has 0 radical (unpaired) electrons. The summed E-state index contributed by atoms with van der Waals surface area (Å²) in [6.45, 7) is 3.93. The molecule has 0 amide bonds. The van der Waals surface area contributed by atoms with E-state index >= 15 is 0 Å². The number of nitrogens with zero attached hydrogens (tertiary/aromatic N) is 2. The third-order valence-electron chi connectivity index (χ3n) is 2.66. The van der Waals surface area contributed by atoms with Crippen LogP contribution in [0.25, 0.3) is 0 Å². The molecule has 116 valence electrons. The number of nitriles is 1. The van der Waals surface area contributed by atoms with Crippen molar-refractivity contribution in [2.24, 2.45) is 5.92 Å². The first-order chi connectivity index (χ1) is 9.71. The van der Waals surface area contributed by atoms with E-state index in [1.807, 2.05) is 19.9 Å². The molecule has 0 aliphatic rings. The van der Waals surface area contributed by atoms with Gasteiger partial charge in [0.1, 0.15) is 4.90 Å². The second-order valence-corrected chi connectivity index (χ2v) is 7.53. The molecule has 0 bridgehead atoms. The molecular weight excluding hydrogens is 338 g/mol. The SMILES string of the molecule is CC(C)CN(CCC#N)S(=O)(=O)c1ccc(Cl)c(F)c1Cl. The van der Waals surface area contributed by atoms with E-state index in [9.17, 15) is 12.8 Å². The molecular formula is C13H15Cl2FN2O2S. The fraction of sp³-hybridized carbons (Fsp3) is 0.462. The zero-order valence-electron chi connectivity index (χ0n) is 11.6. The predicted octanol–water partition coefficient (Wildman–Crippen LogP) is 3.69. The molecule has 8 heteroatoms. The average Bonchev–Trinajstić information content (AvgIpc) is 2.40. The molecule has 1 aromatic carbocycles. The van der Waals surface area contributed by atoms with Gasteiger partial charge in [0, 0.05) is 19.5 Å². The Labute approximate surface area is 134 Å². The zero-order valence-corrected chi connectivity index (χ0v) is 13.9. The average molecular weight is 353 g/mol. The summed E-state index contributed by atoms with van der Waals surface area (Å²) in [6, 6.07) is 4.21. The number of sulfonamides is 1.